The van der Waals surface area contributed by atoms with Gasteiger partial charge in [0.05, 0.1) is 16.7 Å². The summed E-state index contributed by atoms with van der Waals surface area (Å²) in [7, 11) is -3.93. The molecule has 1 fully saturated rings. The number of carbonyl (C=O) groups excluding carboxylic acids is 1. The third kappa shape index (κ3) is 4.74. The number of nitrogens with zero attached hydrogens (tertiary/aromatic N) is 3. The van der Waals surface area contributed by atoms with Gasteiger partial charge in [0, 0.05) is 23.7 Å². The Kier molecular flexibility index (Phi) is 6.83. The zero-order valence-electron chi connectivity index (χ0n) is 18.8. The molecule has 1 saturated heterocycles. The first-order valence-corrected chi connectivity index (χ1v) is 13.3. The van der Waals surface area contributed by atoms with Crippen molar-refractivity contribution in [3.05, 3.63) is 50.6 Å². The highest BCUT2D eigenvalue weighted by Crippen LogP contribution is 2.35. The number of nitrogens with one attached hydrogen (secondary N) is 1. The summed E-state index contributed by atoms with van der Waals surface area (Å²) < 4.78 is 43.0. The van der Waals surface area contributed by atoms with Crippen molar-refractivity contribution in [2.45, 2.75) is 38.6 Å². The predicted molar refractivity (Wildman–Crippen MR) is 130 cm³/mol. The van der Waals surface area contributed by atoms with Gasteiger partial charge in [-0.3, -0.25) is 14.2 Å². The van der Waals surface area contributed by atoms with Crippen molar-refractivity contribution in [2.24, 2.45) is 11.8 Å². The quantitative estimate of drug-likeness (QED) is 0.544. The smallest absolute Gasteiger partial charge is 0.263 e. The number of aryl methyl sites for hydroxylation is 1. The zero-order valence-corrected chi connectivity index (χ0v) is 21.2. The number of benzene rings is 1. The van der Waals surface area contributed by atoms with E-state index >= 15 is 0 Å². The fraction of sp³-hybridized carbons (Fsp3) is 0.409. The lowest BCUT2D eigenvalue weighted by molar-refractivity contribution is -0.116. The summed E-state index contributed by atoms with van der Waals surface area (Å²) in [6.07, 6.45) is 2.16. The summed E-state index contributed by atoms with van der Waals surface area (Å²) in [4.78, 5) is 30.8. The molecule has 3 heterocycles. The van der Waals surface area contributed by atoms with Crippen LogP contribution in [-0.2, 0) is 21.4 Å². The van der Waals surface area contributed by atoms with Gasteiger partial charge in [0.1, 0.15) is 22.1 Å². The lowest BCUT2D eigenvalue weighted by Crippen LogP contribution is -2.42. The van der Waals surface area contributed by atoms with Gasteiger partial charge in [-0.1, -0.05) is 25.4 Å². The Morgan fingerprint density at radius 2 is 1.97 bits per heavy atom. The molecule has 1 amide bonds. The minimum Gasteiger partial charge on any atom is -0.324 e. The van der Waals surface area contributed by atoms with E-state index in [9.17, 15) is 22.4 Å². The van der Waals surface area contributed by atoms with E-state index in [1.165, 1.54) is 22.8 Å². The third-order valence-electron chi connectivity index (χ3n) is 5.75. The highest BCUT2D eigenvalue weighted by molar-refractivity contribution is 7.89. The molecular formula is C22H24ClFN4O4S2. The first-order chi connectivity index (χ1) is 16.0. The van der Waals surface area contributed by atoms with Gasteiger partial charge in [0.2, 0.25) is 15.9 Å². The van der Waals surface area contributed by atoms with Crippen LogP contribution in [0.2, 0.25) is 5.02 Å². The molecule has 1 N–H and O–H groups in total. The molecule has 0 bridgehead atoms. The standard InChI is InChI=1S/C22H24ClFN4O4S2/c1-12-6-13(2)9-28(8-12)34(31,32)20-14(3)33-21-19(20)22(30)27(11-25-21)10-18(29)26-15-4-5-17(24)16(23)7-15/h4-5,7,11-13H,6,8-10H2,1-3H3,(H,26,29)/t12-,13-/m0/s1. The highest BCUT2D eigenvalue weighted by Gasteiger charge is 2.35. The van der Waals surface area contributed by atoms with E-state index < -0.39 is 33.9 Å². The van der Waals surface area contributed by atoms with Crippen LogP contribution in [-0.4, -0.2) is 41.3 Å². The molecule has 8 nitrogen and oxygen atoms in total. The number of hydrogen-bond acceptors (Lipinski definition) is 6. The molecule has 34 heavy (non-hydrogen) atoms. The van der Waals surface area contributed by atoms with Crippen LogP contribution in [0.3, 0.4) is 0 Å². The van der Waals surface area contributed by atoms with Gasteiger partial charge >= 0.3 is 0 Å². The Labute approximate surface area is 205 Å². The van der Waals surface area contributed by atoms with Crippen LogP contribution < -0.4 is 10.9 Å². The summed E-state index contributed by atoms with van der Waals surface area (Å²) in [6, 6.07) is 3.72. The molecule has 182 valence electrons. The summed E-state index contributed by atoms with van der Waals surface area (Å²) in [5, 5.41) is 2.39. The first kappa shape index (κ1) is 24.8. The van der Waals surface area contributed by atoms with Crippen LogP contribution in [0.1, 0.15) is 25.1 Å². The number of thiophene rings is 1. The van der Waals surface area contributed by atoms with Crippen LogP contribution in [0.15, 0.2) is 34.2 Å². The number of rotatable bonds is 5. The number of sulfonamides is 1. The molecule has 0 saturated carbocycles. The molecule has 2 atom stereocenters. The molecule has 1 aromatic carbocycles. The second-order valence-electron chi connectivity index (χ2n) is 8.79. The summed E-state index contributed by atoms with van der Waals surface area (Å²) in [6.45, 7) is 6.06. The van der Waals surface area contributed by atoms with E-state index in [-0.39, 0.29) is 32.8 Å². The molecule has 12 heteroatoms. The third-order valence-corrected chi connectivity index (χ3v) is 9.19. The van der Waals surface area contributed by atoms with Gasteiger partial charge < -0.3 is 5.32 Å². The molecule has 0 unspecified atom stereocenters. The number of hydrogen-bond donors (Lipinski definition) is 1. The Morgan fingerprint density at radius 3 is 2.62 bits per heavy atom. The fourth-order valence-corrected chi connectivity index (χ4v) is 7.92. The van der Waals surface area contributed by atoms with Crippen molar-refractivity contribution in [3.63, 3.8) is 0 Å². The van der Waals surface area contributed by atoms with E-state index in [4.69, 9.17) is 11.6 Å². The number of halogens is 2. The van der Waals surface area contributed by atoms with Crippen LogP contribution in [0, 0.1) is 24.6 Å². The molecule has 0 aliphatic carbocycles. The Hall–Kier alpha value is -2.34. The number of amides is 1. The second-order valence-corrected chi connectivity index (χ2v) is 12.3. The fourth-order valence-electron chi connectivity index (χ4n) is 4.40. The minimum atomic E-state index is -3.93. The van der Waals surface area contributed by atoms with Gasteiger partial charge in [-0.05, 0) is 43.4 Å². The van der Waals surface area contributed by atoms with Crippen LogP contribution in [0.5, 0.6) is 0 Å². The topological polar surface area (TPSA) is 101 Å². The van der Waals surface area contributed by atoms with Gasteiger partial charge in [0.25, 0.3) is 5.56 Å². The number of piperidine rings is 1. The number of carbonyl (C=O) groups is 1. The van der Waals surface area contributed by atoms with Crippen molar-refractivity contribution in [3.8, 4) is 0 Å². The predicted octanol–water partition coefficient (Wildman–Crippen LogP) is 3.86. The van der Waals surface area contributed by atoms with Gasteiger partial charge in [0.15, 0.2) is 0 Å². The Morgan fingerprint density at radius 1 is 1.29 bits per heavy atom. The maximum absolute atomic E-state index is 13.6. The Bertz CT molecular complexity index is 1430. The average molecular weight is 527 g/mol. The molecule has 2 aromatic heterocycles. The molecule has 0 spiro atoms. The van der Waals surface area contributed by atoms with Gasteiger partial charge in [-0.15, -0.1) is 11.3 Å². The maximum atomic E-state index is 13.6. The molecular weight excluding hydrogens is 503 g/mol. The zero-order chi connectivity index (χ0) is 24.8. The Balaban J connectivity index is 1.68. The molecule has 1 aliphatic rings. The molecule has 3 aromatic rings. The van der Waals surface area contributed by atoms with E-state index in [0.717, 1.165) is 28.4 Å². The lowest BCUT2D eigenvalue weighted by atomic mass is 9.94. The number of aromatic nitrogens is 2. The molecule has 4 rings (SSSR count). The SMILES string of the molecule is Cc1sc2ncn(CC(=O)Nc3ccc(F)c(Cl)c3)c(=O)c2c1S(=O)(=O)N1C[C@@H](C)C[C@H](C)C1. The summed E-state index contributed by atoms with van der Waals surface area (Å²) >= 11 is 6.88. The largest absolute Gasteiger partial charge is 0.324 e. The second kappa shape index (κ2) is 9.37. The van der Waals surface area contributed by atoms with Crippen molar-refractivity contribution in [1.29, 1.82) is 0 Å². The minimum absolute atomic E-state index is 0.00601. The van der Waals surface area contributed by atoms with Crippen molar-refractivity contribution >= 4 is 54.8 Å². The average Bonchev–Trinajstić information content (AvgIpc) is 3.09. The monoisotopic (exact) mass is 526 g/mol. The van der Waals surface area contributed by atoms with Crippen LogP contribution in [0.4, 0.5) is 10.1 Å². The van der Waals surface area contributed by atoms with Gasteiger partial charge in [-0.25, -0.2) is 17.8 Å². The normalized spacial score (nSPS) is 19.4. The van der Waals surface area contributed by atoms with E-state index in [1.54, 1.807) is 6.92 Å². The van der Waals surface area contributed by atoms with E-state index in [2.05, 4.69) is 10.3 Å². The highest BCUT2D eigenvalue weighted by atomic mass is 35.5. The summed E-state index contributed by atoms with van der Waals surface area (Å²) in [5.74, 6) is -0.769. The van der Waals surface area contributed by atoms with Crippen molar-refractivity contribution < 1.29 is 17.6 Å². The van der Waals surface area contributed by atoms with Crippen LogP contribution in [0.25, 0.3) is 10.2 Å². The first-order valence-electron chi connectivity index (χ1n) is 10.7. The van der Waals surface area contributed by atoms with E-state index in [1.807, 2.05) is 13.8 Å². The van der Waals surface area contributed by atoms with Gasteiger partial charge in [-0.2, -0.15) is 4.31 Å². The van der Waals surface area contributed by atoms with E-state index in [0.29, 0.717) is 22.8 Å². The number of anilines is 1. The molecule has 1 aliphatic heterocycles. The van der Waals surface area contributed by atoms with Crippen molar-refractivity contribution in [2.75, 3.05) is 18.4 Å². The maximum Gasteiger partial charge on any atom is 0.263 e. The van der Waals surface area contributed by atoms with Crippen molar-refractivity contribution in [1.82, 2.24) is 13.9 Å². The molecule has 0 radical (unpaired) electrons. The number of fused-ring (bicyclic) bond motifs is 1. The summed E-state index contributed by atoms with van der Waals surface area (Å²) in [5.41, 5.74) is -0.347. The van der Waals surface area contributed by atoms with Crippen LogP contribution >= 0.6 is 22.9 Å². The lowest BCUT2D eigenvalue weighted by Gasteiger charge is -2.34.